The van der Waals surface area contributed by atoms with E-state index in [9.17, 15) is 47.9 Å². The molecule has 0 fully saturated rings. The van der Waals surface area contributed by atoms with E-state index in [0.29, 0.717) is 6.42 Å². The molecule has 0 rings (SSSR count). The van der Waals surface area contributed by atoms with E-state index in [0.717, 1.165) is 0 Å². The number of esters is 2. The smallest absolute Gasteiger partial charge is 0.323 e. The maximum absolute atomic E-state index is 13.9. The van der Waals surface area contributed by atoms with Crippen LogP contribution in [0.2, 0.25) is 0 Å². The van der Waals surface area contributed by atoms with Crippen molar-refractivity contribution >= 4 is 120 Å². The molecule has 0 aromatic rings. The highest BCUT2D eigenvalue weighted by atomic mass is 31.1. The standard InChI is InChI=1S/C46H77B4N3O14P4/c1-45(2,3)66-42(61)25-51-38(44(63)67-46(4,5)6)20-15-32(54)12-11-21-64-22-23-65-26-41(60)52-37(43(62)53-36(40(59)30-71(10)50)18-17-35(57)28-69(8)48)19-16-33(55)24-31(39(58)29-70(9)49)13-14-34(56)27-68(7)47/h31,36-38,51H,11-30H2,1-10H3,(H,52,60)(H,53,62). The molecule has 8 atom stereocenters. The van der Waals surface area contributed by atoms with Crippen molar-refractivity contribution in [1.82, 2.24) is 16.0 Å². The van der Waals surface area contributed by atoms with Gasteiger partial charge in [-0.05, 0) is 73.6 Å². The predicted octanol–water partition coefficient (Wildman–Crippen LogP) is 3.73. The Kier molecular flexibility index (Phi) is 35.5. The summed E-state index contributed by atoms with van der Waals surface area (Å²) in [6.07, 6.45) is 0.507. The fourth-order valence-corrected chi connectivity index (χ4v) is 9.57. The van der Waals surface area contributed by atoms with Crippen LogP contribution in [0.15, 0.2) is 0 Å². The molecule has 25 heteroatoms. The molecule has 0 aliphatic rings. The molecule has 0 aromatic carbocycles. The Hall–Kier alpha value is -2.24. The van der Waals surface area contributed by atoms with Gasteiger partial charge in [0.25, 0.3) is 0 Å². The first-order valence-corrected chi connectivity index (χ1v) is 31.9. The van der Waals surface area contributed by atoms with E-state index in [1.165, 1.54) is 0 Å². The minimum Gasteiger partial charge on any atom is -0.459 e. The van der Waals surface area contributed by atoms with Gasteiger partial charge in [-0.15, -0.1) is 0 Å². The molecule has 0 bridgehead atoms. The number of nitrogens with one attached hydrogen (secondary N) is 3. The van der Waals surface area contributed by atoms with Gasteiger partial charge < -0.3 is 29.6 Å². The average molecular weight is 1060 g/mol. The number of carbonyl (C=O) groups is 10. The molecule has 0 heterocycles. The minimum absolute atomic E-state index is 0.0240. The molecule has 392 valence electrons. The first kappa shape index (κ1) is 68.8. The van der Waals surface area contributed by atoms with Crippen molar-refractivity contribution < 1.29 is 66.9 Å². The first-order chi connectivity index (χ1) is 32.9. The average Bonchev–Trinajstić information content (AvgIpc) is 3.20. The quantitative estimate of drug-likeness (QED) is 0.0343. The number of amides is 2. The van der Waals surface area contributed by atoms with Crippen LogP contribution in [0, 0.1) is 5.92 Å². The van der Waals surface area contributed by atoms with E-state index in [-0.39, 0.29) is 144 Å². The molecule has 0 saturated carbocycles. The van der Waals surface area contributed by atoms with E-state index < -0.39 is 103 Å². The molecule has 0 aromatic heterocycles. The summed E-state index contributed by atoms with van der Waals surface area (Å²) in [5.74, 6) is -4.85. The number of hydrogen-bond acceptors (Lipinski definition) is 15. The Morgan fingerprint density at radius 2 is 0.986 bits per heavy atom. The maximum atomic E-state index is 13.9. The largest absolute Gasteiger partial charge is 0.459 e. The molecule has 71 heavy (non-hydrogen) atoms. The summed E-state index contributed by atoms with van der Waals surface area (Å²) in [4.78, 5) is 130. The van der Waals surface area contributed by atoms with Gasteiger partial charge in [-0.2, -0.15) is 31.2 Å². The zero-order valence-corrected chi connectivity index (χ0v) is 47.3. The van der Waals surface area contributed by atoms with Crippen LogP contribution in [0.3, 0.4) is 0 Å². The number of carbonyl (C=O) groups excluding carboxylic acids is 10. The van der Waals surface area contributed by atoms with E-state index in [2.05, 4.69) is 16.0 Å². The van der Waals surface area contributed by atoms with Gasteiger partial charge >= 0.3 is 11.9 Å². The molecule has 8 unspecified atom stereocenters. The van der Waals surface area contributed by atoms with Crippen LogP contribution < -0.4 is 16.0 Å². The summed E-state index contributed by atoms with van der Waals surface area (Å²) in [7, 11) is 19.2. The van der Waals surface area contributed by atoms with Crippen molar-refractivity contribution in [2.45, 2.75) is 141 Å². The lowest BCUT2D eigenvalue weighted by Gasteiger charge is -2.25. The highest BCUT2D eigenvalue weighted by Crippen LogP contribution is 2.29. The Bertz CT molecular complexity index is 1750. The van der Waals surface area contributed by atoms with Gasteiger partial charge in [-0.25, -0.2) is 0 Å². The van der Waals surface area contributed by atoms with E-state index >= 15 is 0 Å². The second-order valence-electron chi connectivity index (χ2n) is 19.8. The molecular weight excluding hydrogens is 986 g/mol. The topological polar surface area (TPSA) is 244 Å². The monoisotopic (exact) mass is 1060 g/mol. The summed E-state index contributed by atoms with van der Waals surface area (Å²) < 4.78 is 21.8. The number of Topliss-reactive ketones (excluding diaryl/α,β-unsaturated/α-hetero) is 6. The van der Waals surface area contributed by atoms with Gasteiger partial charge in [0.15, 0.2) is 5.78 Å². The lowest BCUT2D eigenvalue weighted by atomic mass is 9.90. The molecule has 3 N–H and O–H groups in total. The number of rotatable bonds is 40. The number of ether oxygens (including phenoxy) is 4. The van der Waals surface area contributed by atoms with Gasteiger partial charge in [0.05, 0.1) is 25.8 Å². The van der Waals surface area contributed by atoms with Crippen LogP contribution in [-0.2, 0) is 66.9 Å². The Balaban J connectivity index is 5.63. The molecule has 0 aliphatic heterocycles. The van der Waals surface area contributed by atoms with Crippen molar-refractivity contribution in [3.05, 3.63) is 0 Å². The molecule has 8 radical (unpaired) electrons. The van der Waals surface area contributed by atoms with Gasteiger partial charge in [-0.3, -0.25) is 53.3 Å². The zero-order valence-electron chi connectivity index (χ0n) is 43.8. The zero-order chi connectivity index (χ0) is 54.5. The molecule has 17 nitrogen and oxygen atoms in total. The summed E-state index contributed by atoms with van der Waals surface area (Å²) in [5.41, 5.74) is -1.49. The molecule has 0 spiro atoms. The Morgan fingerprint density at radius 1 is 0.507 bits per heavy atom. The van der Waals surface area contributed by atoms with E-state index in [1.54, 1.807) is 68.2 Å². The van der Waals surface area contributed by atoms with Crippen LogP contribution in [0.4, 0.5) is 0 Å². The third kappa shape index (κ3) is 38.0. The SMILES string of the molecule is [B]P(C)CC(=O)CCC(CC(=O)CCC(NC(=O)COCCOCCCC(=O)CCC(NCC(=O)OC(C)(C)C)C(=O)OC(C)(C)C)C(=O)NC(CCC(=O)CP([B])C)C(=O)CP([B])C)C(=O)CP([B])C. The third-order valence-electron chi connectivity index (χ3n) is 9.81. The van der Waals surface area contributed by atoms with Crippen molar-refractivity contribution in [3.63, 3.8) is 0 Å². The Labute approximate surface area is 432 Å². The first-order valence-electron chi connectivity index (χ1n) is 23.8. The number of hydrogen-bond donors (Lipinski definition) is 3. The maximum Gasteiger partial charge on any atom is 0.323 e. The van der Waals surface area contributed by atoms with Crippen molar-refractivity contribution in [2.24, 2.45) is 5.92 Å². The van der Waals surface area contributed by atoms with Crippen molar-refractivity contribution in [1.29, 1.82) is 0 Å². The molecule has 0 saturated heterocycles. The van der Waals surface area contributed by atoms with Crippen LogP contribution >= 0.6 is 31.2 Å². The molecular formula is C46H77B4N3O14P4. The summed E-state index contributed by atoms with van der Waals surface area (Å²) in [6, 6.07) is -3.36. The summed E-state index contributed by atoms with van der Waals surface area (Å²) in [5, 5.41) is 8.09. The highest BCUT2D eigenvalue weighted by Gasteiger charge is 2.31. The number of ketones is 6. The van der Waals surface area contributed by atoms with E-state index in [4.69, 9.17) is 49.2 Å². The van der Waals surface area contributed by atoms with E-state index in [1.807, 2.05) is 0 Å². The van der Waals surface area contributed by atoms with Crippen LogP contribution in [-0.4, -0.2) is 202 Å². The van der Waals surface area contributed by atoms with Gasteiger partial charge in [-0.1, -0.05) is 26.7 Å². The normalized spacial score (nSPS) is 15.1. The summed E-state index contributed by atoms with van der Waals surface area (Å²) >= 11 is 0. The lowest BCUT2D eigenvalue weighted by Crippen LogP contribution is -2.52. The molecule has 2 amide bonds. The highest BCUT2D eigenvalue weighted by molar-refractivity contribution is 7.83. The van der Waals surface area contributed by atoms with Crippen LogP contribution in [0.1, 0.15) is 112 Å². The van der Waals surface area contributed by atoms with Crippen molar-refractivity contribution in [3.8, 4) is 0 Å². The van der Waals surface area contributed by atoms with Gasteiger partial charge in [0, 0.05) is 75.7 Å². The van der Waals surface area contributed by atoms with Crippen molar-refractivity contribution in [2.75, 3.05) is 84.3 Å². The molecule has 0 aliphatic carbocycles. The third-order valence-corrected chi connectivity index (χ3v) is 13.1. The summed E-state index contributed by atoms with van der Waals surface area (Å²) in [6.45, 7) is 16.7. The van der Waals surface area contributed by atoms with Gasteiger partial charge in [0.2, 0.25) is 11.8 Å². The van der Waals surface area contributed by atoms with Gasteiger partial charge in [0.1, 0.15) is 89.1 Å². The second kappa shape index (κ2) is 36.7. The second-order valence-corrected chi connectivity index (χ2v) is 27.1. The lowest BCUT2D eigenvalue weighted by molar-refractivity contribution is -0.159. The van der Waals surface area contributed by atoms with Crippen LogP contribution in [0.5, 0.6) is 0 Å². The fraction of sp³-hybridized carbons (Fsp3) is 0.783. The van der Waals surface area contributed by atoms with Crippen LogP contribution in [0.25, 0.3) is 0 Å². The minimum atomic E-state index is -1.33. The Morgan fingerprint density at radius 3 is 1.54 bits per heavy atom. The fourth-order valence-electron chi connectivity index (χ4n) is 6.68. The predicted molar refractivity (Wildman–Crippen MR) is 287 cm³/mol.